The van der Waals surface area contributed by atoms with Gasteiger partial charge in [0.2, 0.25) is 5.91 Å². The first-order valence-electron chi connectivity index (χ1n) is 3.80. The molecular weight excluding hydrogens is 186 g/mol. The molecule has 0 bridgehead atoms. The normalized spacial score (nSPS) is 10.6. The lowest BCUT2D eigenvalue weighted by Crippen LogP contribution is -2.35. The number of hydrogen-bond donors (Lipinski definition) is 1. The molecule has 0 aromatic heterocycles. The predicted molar refractivity (Wildman–Crippen MR) is 49.1 cm³/mol. The number of nitrogens with one attached hydrogen (secondary N) is 1. The summed E-state index contributed by atoms with van der Waals surface area (Å²) in [6.07, 6.45) is 4.19. The zero-order chi connectivity index (χ0) is 11.0. The van der Waals surface area contributed by atoms with Crippen LogP contribution in [-0.4, -0.2) is 24.9 Å². The number of carbonyl (C=O) groups excluding carboxylic acids is 2. The van der Waals surface area contributed by atoms with Gasteiger partial charge in [0.15, 0.2) is 12.8 Å². The molecule has 0 heterocycles. The minimum absolute atomic E-state index is 0.166. The van der Waals surface area contributed by atoms with Gasteiger partial charge >= 0.3 is 6.16 Å². The van der Waals surface area contributed by atoms with Crippen molar-refractivity contribution in [3.05, 3.63) is 12.7 Å². The summed E-state index contributed by atoms with van der Waals surface area (Å²) in [5.74, 6) is 1.65. The Morgan fingerprint density at radius 3 is 2.86 bits per heavy atom. The van der Waals surface area contributed by atoms with E-state index in [4.69, 9.17) is 6.42 Å². The molecule has 1 atom stereocenters. The Kier molecular flexibility index (Phi) is 5.63. The first-order valence-corrected chi connectivity index (χ1v) is 3.80. The fourth-order valence-electron chi connectivity index (χ4n) is 0.568. The van der Waals surface area contributed by atoms with E-state index in [0.29, 0.717) is 0 Å². The summed E-state index contributed by atoms with van der Waals surface area (Å²) in [7, 11) is 0. The van der Waals surface area contributed by atoms with Crippen LogP contribution < -0.4 is 5.32 Å². The van der Waals surface area contributed by atoms with Gasteiger partial charge in [-0.05, 0) is 13.0 Å². The molecule has 0 aliphatic carbocycles. The van der Waals surface area contributed by atoms with Crippen molar-refractivity contribution >= 4 is 12.1 Å². The molecule has 5 heteroatoms. The van der Waals surface area contributed by atoms with Gasteiger partial charge in [-0.1, -0.05) is 12.5 Å². The molecule has 76 valence electrons. The molecule has 0 rings (SSSR count). The van der Waals surface area contributed by atoms with Gasteiger partial charge in [0.1, 0.15) is 0 Å². The summed E-state index contributed by atoms with van der Waals surface area (Å²) in [4.78, 5) is 21.5. The lowest BCUT2D eigenvalue weighted by Gasteiger charge is -2.12. The third-order valence-electron chi connectivity index (χ3n) is 1.08. The molecule has 0 aliphatic heterocycles. The highest BCUT2D eigenvalue weighted by Gasteiger charge is 2.10. The molecule has 1 unspecified atom stereocenters. The van der Waals surface area contributed by atoms with E-state index < -0.39 is 18.3 Å². The number of rotatable bonds is 4. The average molecular weight is 197 g/mol. The lowest BCUT2D eigenvalue weighted by molar-refractivity contribution is -0.119. The summed E-state index contributed by atoms with van der Waals surface area (Å²) in [6, 6.07) is 0. The molecule has 1 N–H and O–H groups in total. The third-order valence-corrected chi connectivity index (χ3v) is 1.08. The van der Waals surface area contributed by atoms with E-state index in [-0.39, 0.29) is 6.61 Å². The SMILES string of the molecule is C#CCOC(=O)OC(C)NC(=O)C=C. The van der Waals surface area contributed by atoms with Crippen LogP contribution in [0.3, 0.4) is 0 Å². The van der Waals surface area contributed by atoms with Crippen LogP contribution in [0.15, 0.2) is 12.7 Å². The van der Waals surface area contributed by atoms with E-state index in [1.54, 1.807) is 0 Å². The topological polar surface area (TPSA) is 64.6 Å². The molecule has 0 spiro atoms. The first-order chi connectivity index (χ1) is 6.60. The van der Waals surface area contributed by atoms with Gasteiger partial charge in [-0.15, -0.1) is 6.42 Å². The summed E-state index contributed by atoms with van der Waals surface area (Å²) >= 11 is 0. The highest BCUT2D eigenvalue weighted by molar-refractivity contribution is 5.87. The summed E-state index contributed by atoms with van der Waals surface area (Å²) in [5.41, 5.74) is 0. The zero-order valence-electron chi connectivity index (χ0n) is 7.78. The first kappa shape index (κ1) is 12.0. The highest BCUT2D eigenvalue weighted by Crippen LogP contribution is 1.91. The zero-order valence-corrected chi connectivity index (χ0v) is 7.78. The van der Waals surface area contributed by atoms with Crippen molar-refractivity contribution in [2.45, 2.75) is 13.2 Å². The second kappa shape index (κ2) is 6.54. The van der Waals surface area contributed by atoms with E-state index in [1.807, 2.05) is 0 Å². The van der Waals surface area contributed by atoms with Crippen LogP contribution >= 0.6 is 0 Å². The third kappa shape index (κ3) is 5.66. The minimum Gasteiger partial charge on any atom is -0.421 e. The molecule has 0 aromatic carbocycles. The maximum atomic E-state index is 10.8. The number of carbonyl (C=O) groups is 2. The van der Waals surface area contributed by atoms with Gasteiger partial charge in [-0.25, -0.2) is 4.79 Å². The van der Waals surface area contributed by atoms with E-state index in [1.165, 1.54) is 6.92 Å². The van der Waals surface area contributed by atoms with Crippen molar-refractivity contribution in [3.63, 3.8) is 0 Å². The Balaban J connectivity index is 3.77. The largest absolute Gasteiger partial charge is 0.511 e. The Hall–Kier alpha value is -1.96. The second-order valence-corrected chi connectivity index (χ2v) is 2.22. The van der Waals surface area contributed by atoms with Crippen molar-refractivity contribution in [1.29, 1.82) is 0 Å². The Labute approximate surface area is 82.1 Å². The molecule has 0 saturated carbocycles. The Morgan fingerprint density at radius 1 is 1.71 bits per heavy atom. The van der Waals surface area contributed by atoms with Crippen molar-refractivity contribution in [2.24, 2.45) is 0 Å². The van der Waals surface area contributed by atoms with E-state index in [0.717, 1.165) is 6.08 Å². The second-order valence-electron chi connectivity index (χ2n) is 2.22. The fraction of sp³-hybridized carbons (Fsp3) is 0.333. The molecule has 0 radical (unpaired) electrons. The quantitative estimate of drug-likeness (QED) is 0.307. The van der Waals surface area contributed by atoms with Crippen molar-refractivity contribution < 1.29 is 19.1 Å². The summed E-state index contributed by atoms with van der Waals surface area (Å²) in [5, 5.41) is 2.31. The summed E-state index contributed by atoms with van der Waals surface area (Å²) in [6.45, 7) is 4.54. The highest BCUT2D eigenvalue weighted by atomic mass is 16.7. The van der Waals surface area contributed by atoms with Crippen LogP contribution in [0.4, 0.5) is 4.79 Å². The molecule has 0 aliphatic rings. The van der Waals surface area contributed by atoms with Crippen molar-refractivity contribution in [2.75, 3.05) is 6.61 Å². The van der Waals surface area contributed by atoms with Gasteiger partial charge < -0.3 is 14.8 Å². The molecule has 0 fully saturated rings. The minimum atomic E-state index is -0.931. The Bertz CT molecular complexity index is 266. The van der Waals surface area contributed by atoms with Gasteiger partial charge in [0, 0.05) is 0 Å². The molecule has 0 saturated heterocycles. The average Bonchev–Trinajstić information content (AvgIpc) is 2.14. The van der Waals surface area contributed by atoms with E-state index in [2.05, 4.69) is 27.3 Å². The Morgan fingerprint density at radius 2 is 2.36 bits per heavy atom. The van der Waals surface area contributed by atoms with Crippen LogP contribution in [0.25, 0.3) is 0 Å². The van der Waals surface area contributed by atoms with Crippen LogP contribution in [0.5, 0.6) is 0 Å². The van der Waals surface area contributed by atoms with E-state index in [9.17, 15) is 9.59 Å². The van der Waals surface area contributed by atoms with Gasteiger partial charge in [0.25, 0.3) is 0 Å². The monoisotopic (exact) mass is 197 g/mol. The summed E-state index contributed by atoms with van der Waals surface area (Å²) < 4.78 is 8.99. The van der Waals surface area contributed by atoms with Gasteiger partial charge in [-0.2, -0.15) is 0 Å². The molecule has 0 aromatic rings. The standard InChI is InChI=1S/C9H11NO4/c1-4-6-13-9(12)14-7(3)10-8(11)5-2/h1,5,7H,2,6H2,3H3,(H,10,11). The smallest absolute Gasteiger partial charge is 0.421 e. The molecule has 5 nitrogen and oxygen atoms in total. The van der Waals surface area contributed by atoms with Crippen molar-refractivity contribution in [1.82, 2.24) is 5.32 Å². The van der Waals surface area contributed by atoms with Crippen LogP contribution in [0.2, 0.25) is 0 Å². The predicted octanol–water partition coefficient (Wildman–Crippen LogP) is 0.421. The van der Waals surface area contributed by atoms with Crippen LogP contribution in [-0.2, 0) is 14.3 Å². The maximum Gasteiger partial charge on any atom is 0.511 e. The number of hydrogen-bond acceptors (Lipinski definition) is 4. The number of ether oxygens (including phenoxy) is 2. The number of terminal acetylenes is 1. The number of amides is 1. The van der Waals surface area contributed by atoms with Crippen LogP contribution in [0.1, 0.15) is 6.92 Å². The maximum absolute atomic E-state index is 10.8. The van der Waals surface area contributed by atoms with Gasteiger partial charge in [0.05, 0.1) is 0 Å². The van der Waals surface area contributed by atoms with E-state index >= 15 is 0 Å². The van der Waals surface area contributed by atoms with Crippen LogP contribution in [0, 0.1) is 12.3 Å². The lowest BCUT2D eigenvalue weighted by atomic mass is 10.5. The molecule has 1 amide bonds. The van der Waals surface area contributed by atoms with Gasteiger partial charge in [-0.3, -0.25) is 4.79 Å². The molecular formula is C9H11NO4. The molecule has 14 heavy (non-hydrogen) atoms. The fourth-order valence-corrected chi connectivity index (χ4v) is 0.568. The van der Waals surface area contributed by atoms with Crippen molar-refractivity contribution in [3.8, 4) is 12.3 Å².